The summed E-state index contributed by atoms with van der Waals surface area (Å²) in [6.45, 7) is -0.907. The lowest BCUT2D eigenvalue weighted by atomic mass is 10.2. The molecule has 0 aliphatic rings. The van der Waals surface area contributed by atoms with Gasteiger partial charge in [-0.3, -0.25) is 14.2 Å². The van der Waals surface area contributed by atoms with E-state index in [-0.39, 0.29) is 11.2 Å². The number of carbonyl (C=O) groups excluding carboxylic acids is 1. The van der Waals surface area contributed by atoms with Gasteiger partial charge >= 0.3 is 0 Å². The molecule has 0 saturated heterocycles. The highest BCUT2D eigenvalue weighted by Gasteiger charge is 2.17. The van der Waals surface area contributed by atoms with Gasteiger partial charge < -0.3 is 5.32 Å². The number of hydrogen-bond acceptors (Lipinski definition) is 2. The minimum absolute atomic E-state index is 0.168. The molecule has 100 valence electrons. The van der Waals surface area contributed by atoms with Crippen molar-refractivity contribution in [2.45, 2.75) is 12.6 Å². The first-order valence-electron chi connectivity index (χ1n) is 5.67. The van der Waals surface area contributed by atoms with Crippen molar-refractivity contribution in [1.82, 2.24) is 4.98 Å². The smallest absolute Gasteiger partial charge is 0.259 e. The highest BCUT2D eigenvalue weighted by Crippen LogP contribution is 2.19. The molecule has 0 aliphatic carbocycles. The first-order chi connectivity index (χ1) is 9.11. The number of rotatable bonds is 4. The predicted octanol–water partition coefficient (Wildman–Crippen LogP) is 3.01. The van der Waals surface area contributed by atoms with Crippen LogP contribution < -0.4 is 5.32 Å². The third-order valence-electron chi connectivity index (χ3n) is 2.58. The van der Waals surface area contributed by atoms with Crippen LogP contribution in [0.15, 0.2) is 30.5 Å². The van der Waals surface area contributed by atoms with Crippen LogP contribution in [-0.4, -0.2) is 23.7 Å². The molecule has 0 bridgehead atoms. The number of anilines is 1. The largest absolute Gasteiger partial charge is 0.322 e. The zero-order chi connectivity index (χ0) is 13.8. The van der Waals surface area contributed by atoms with Crippen LogP contribution in [0.5, 0.6) is 0 Å². The summed E-state index contributed by atoms with van der Waals surface area (Å²) in [5.41, 5.74) is 0.408. The zero-order valence-electron chi connectivity index (χ0n) is 9.87. The average molecular weight is 268 g/mol. The molecular weight excluding hydrogens is 257 g/mol. The van der Waals surface area contributed by atoms with Crippen molar-refractivity contribution < 1.29 is 18.0 Å². The van der Waals surface area contributed by atoms with Gasteiger partial charge in [-0.05, 0) is 12.1 Å². The van der Waals surface area contributed by atoms with Gasteiger partial charge in [0.1, 0.15) is 11.3 Å². The third-order valence-corrected chi connectivity index (χ3v) is 2.58. The van der Waals surface area contributed by atoms with Crippen LogP contribution in [0.25, 0.3) is 10.9 Å². The van der Waals surface area contributed by atoms with Gasteiger partial charge in [-0.15, -0.1) is 0 Å². The molecule has 1 amide bonds. The van der Waals surface area contributed by atoms with Gasteiger partial charge in [-0.2, -0.15) is 0 Å². The number of pyridine rings is 1. The summed E-state index contributed by atoms with van der Waals surface area (Å²) >= 11 is 0. The second-order valence-corrected chi connectivity index (χ2v) is 3.97. The van der Waals surface area contributed by atoms with E-state index in [0.717, 1.165) is 0 Å². The molecule has 1 aromatic carbocycles. The number of para-hydroxylation sites is 1. The Labute approximate surface area is 107 Å². The number of halogens is 3. The molecule has 1 heterocycles. The van der Waals surface area contributed by atoms with Gasteiger partial charge in [-0.25, -0.2) is 8.78 Å². The molecule has 19 heavy (non-hydrogen) atoms. The van der Waals surface area contributed by atoms with E-state index in [1.807, 2.05) is 0 Å². The van der Waals surface area contributed by atoms with E-state index in [1.54, 1.807) is 6.07 Å². The van der Waals surface area contributed by atoms with Gasteiger partial charge in [0.15, 0.2) is 6.17 Å². The Balaban J connectivity index is 2.20. The molecule has 0 spiro atoms. The summed E-state index contributed by atoms with van der Waals surface area (Å²) in [6.07, 6.45) is -1.17. The molecule has 1 unspecified atom stereocenters. The van der Waals surface area contributed by atoms with Crippen LogP contribution in [0.1, 0.15) is 6.42 Å². The number of nitrogens with one attached hydrogen (secondary N) is 1. The van der Waals surface area contributed by atoms with Crippen LogP contribution in [-0.2, 0) is 4.79 Å². The number of hydrogen-bond donors (Lipinski definition) is 1. The van der Waals surface area contributed by atoms with Gasteiger partial charge in [-0.1, -0.05) is 12.1 Å². The number of benzene rings is 1. The highest BCUT2D eigenvalue weighted by molar-refractivity contribution is 5.95. The molecule has 6 heteroatoms. The van der Waals surface area contributed by atoms with Crippen LogP contribution in [0.4, 0.5) is 18.9 Å². The maximum absolute atomic E-state index is 13.4. The fourth-order valence-corrected chi connectivity index (χ4v) is 1.64. The summed E-state index contributed by atoms with van der Waals surface area (Å²) in [6, 6.07) is 5.87. The number of alkyl halides is 2. The van der Waals surface area contributed by atoms with Crippen molar-refractivity contribution in [2.24, 2.45) is 0 Å². The van der Waals surface area contributed by atoms with E-state index in [9.17, 15) is 18.0 Å². The number of amides is 1. The van der Waals surface area contributed by atoms with Crippen molar-refractivity contribution in [3.05, 3.63) is 36.3 Å². The Bertz CT molecular complexity index is 603. The number of nitrogens with zero attached hydrogens (tertiary/aromatic N) is 1. The molecule has 2 aromatic rings. The number of fused-ring (bicyclic) bond motifs is 1. The van der Waals surface area contributed by atoms with E-state index in [4.69, 9.17) is 0 Å². The van der Waals surface area contributed by atoms with Crippen LogP contribution in [0.2, 0.25) is 0 Å². The summed E-state index contributed by atoms with van der Waals surface area (Å²) in [5, 5.41) is 2.76. The SMILES string of the molecule is O=C(Nc1cnc2c(F)cccc2c1)C(F)CCF. The molecule has 0 aliphatic heterocycles. The van der Waals surface area contributed by atoms with Gasteiger partial charge in [0.2, 0.25) is 0 Å². The Morgan fingerprint density at radius 2 is 2.21 bits per heavy atom. The molecule has 1 atom stereocenters. The fourth-order valence-electron chi connectivity index (χ4n) is 1.64. The van der Waals surface area contributed by atoms with Crippen molar-refractivity contribution >= 4 is 22.5 Å². The molecule has 0 saturated carbocycles. The Hall–Kier alpha value is -2.11. The quantitative estimate of drug-likeness (QED) is 0.926. The Kier molecular flexibility index (Phi) is 3.99. The molecule has 1 N–H and O–H groups in total. The summed E-state index contributed by atoms with van der Waals surface area (Å²) in [5.74, 6) is -1.41. The number of aromatic nitrogens is 1. The molecule has 1 aromatic heterocycles. The highest BCUT2D eigenvalue weighted by atomic mass is 19.1. The third kappa shape index (κ3) is 3.01. The van der Waals surface area contributed by atoms with Crippen molar-refractivity contribution in [2.75, 3.05) is 12.0 Å². The second kappa shape index (κ2) is 5.69. The lowest BCUT2D eigenvalue weighted by Crippen LogP contribution is -2.24. The number of carbonyl (C=O) groups is 1. The summed E-state index contributed by atoms with van der Waals surface area (Å²) < 4.78 is 38.4. The molecule has 0 fully saturated rings. The van der Waals surface area contributed by atoms with Crippen molar-refractivity contribution in [3.8, 4) is 0 Å². The summed E-state index contributed by atoms with van der Waals surface area (Å²) in [7, 11) is 0. The topological polar surface area (TPSA) is 42.0 Å². The van der Waals surface area contributed by atoms with Crippen molar-refractivity contribution in [3.63, 3.8) is 0 Å². The average Bonchev–Trinajstić information content (AvgIpc) is 2.39. The van der Waals surface area contributed by atoms with Crippen LogP contribution >= 0.6 is 0 Å². The van der Waals surface area contributed by atoms with Gasteiger partial charge in [0.25, 0.3) is 5.91 Å². The maximum Gasteiger partial charge on any atom is 0.259 e. The first-order valence-corrected chi connectivity index (χ1v) is 5.67. The monoisotopic (exact) mass is 268 g/mol. The minimum Gasteiger partial charge on any atom is -0.322 e. The van der Waals surface area contributed by atoms with E-state index < -0.39 is 31.0 Å². The van der Waals surface area contributed by atoms with Gasteiger partial charge in [0.05, 0.1) is 18.6 Å². The Morgan fingerprint density at radius 1 is 1.42 bits per heavy atom. The standard InChI is InChI=1S/C13H11F3N2O/c14-5-4-11(16)13(19)18-9-6-8-2-1-3-10(15)12(8)17-7-9/h1-3,6-7,11H,4-5H2,(H,18,19). The first kappa shape index (κ1) is 13.3. The molecule has 0 radical (unpaired) electrons. The molecule has 2 rings (SSSR count). The van der Waals surface area contributed by atoms with E-state index in [2.05, 4.69) is 10.3 Å². The van der Waals surface area contributed by atoms with Gasteiger partial charge in [0, 0.05) is 11.8 Å². The predicted molar refractivity (Wildman–Crippen MR) is 65.8 cm³/mol. The van der Waals surface area contributed by atoms with Crippen molar-refractivity contribution in [1.29, 1.82) is 0 Å². The molecular formula is C13H11F3N2O. The lowest BCUT2D eigenvalue weighted by molar-refractivity contribution is -0.121. The maximum atomic E-state index is 13.4. The fraction of sp³-hybridized carbons (Fsp3) is 0.231. The van der Waals surface area contributed by atoms with Crippen LogP contribution in [0.3, 0.4) is 0 Å². The normalized spacial score (nSPS) is 12.4. The van der Waals surface area contributed by atoms with Crippen LogP contribution in [0, 0.1) is 5.82 Å². The summed E-state index contributed by atoms with van der Waals surface area (Å²) in [4.78, 5) is 15.2. The van der Waals surface area contributed by atoms with E-state index in [1.165, 1.54) is 24.4 Å². The van der Waals surface area contributed by atoms with E-state index in [0.29, 0.717) is 5.39 Å². The minimum atomic E-state index is -1.91. The van der Waals surface area contributed by atoms with E-state index >= 15 is 0 Å². The zero-order valence-corrected chi connectivity index (χ0v) is 9.87. The Morgan fingerprint density at radius 3 is 2.95 bits per heavy atom. The molecule has 3 nitrogen and oxygen atoms in total. The lowest BCUT2D eigenvalue weighted by Gasteiger charge is -2.08. The second-order valence-electron chi connectivity index (χ2n) is 3.97.